The van der Waals surface area contributed by atoms with Crippen molar-refractivity contribution >= 4 is 0 Å². The summed E-state index contributed by atoms with van der Waals surface area (Å²) in [5, 5.41) is 0. The van der Waals surface area contributed by atoms with Gasteiger partial charge in [-0.05, 0) is 12.2 Å². The molecule has 0 aromatic carbocycles. The lowest BCUT2D eigenvalue weighted by atomic mass is 10.3. The van der Waals surface area contributed by atoms with Crippen LogP contribution in [0.4, 0.5) is 0 Å². The molecule has 3 heteroatoms. The van der Waals surface area contributed by atoms with Gasteiger partial charge in [0, 0.05) is 20.1 Å². The molecule has 0 saturated carbocycles. The summed E-state index contributed by atoms with van der Waals surface area (Å²) in [5.41, 5.74) is 0. The van der Waals surface area contributed by atoms with E-state index in [9.17, 15) is 0 Å². The molecule has 0 saturated heterocycles. The average molecular weight is 198 g/mol. The Labute approximate surface area is 85.7 Å². The maximum atomic E-state index is 5.42. The molecule has 0 aliphatic rings. The monoisotopic (exact) mass is 198 g/mol. The lowest BCUT2D eigenvalue weighted by molar-refractivity contribution is 0.141. The largest absolute Gasteiger partial charge is 0.493 e. The van der Waals surface area contributed by atoms with E-state index < -0.39 is 0 Å². The minimum Gasteiger partial charge on any atom is -0.493 e. The zero-order chi connectivity index (χ0) is 10.8. The van der Waals surface area contributed by atoms with Crippen molar-refractivity contribution in [1.29, 1.82) is 0 Å². The second-order valence-corrected chi connectivity index (χ2v) is 2.54. The topological polar surface area (TPSA) is 27.7 Å². The van der Waals surface area contributed by atoms with Crippen molar-refractivity contribution in [2.75, 3.05) is 27.4 Å². The van der Waals surface area contributed by atoms with Crippen molar-refractivity contribution in [3.05, 3.63) is 36.8 Å². The molecule has 0 aromatic heterocycles. The summed E-state index contributed by atoms with van der Waals surface area (Å²) < 4.78 is 15.4. The summed E-state index contributed by atoms with van der Waals surface area (Å²) in [6.45, 7) is 8.51. The molecule has 0 bridgehead atoms. The smallest absolute Gasteiger partial charge is 0.160 e. The predicted molar refractivity (Wildman–Crippen MR) is 56.9 cm³/mol. The van der Waals surface area contributed by atoms with Gasteiger partial charge in [-0.3, -0.25) is 0 Å². The Morgan fingerprint density at radius 2 is 1.71 bits per heavy atom. The molecule has 3 nitrogen and oxygen atoms in total. The Kier molecular flexibility index (Phi) is 7.65. The van der Waals surface area contributed by atoms with Crippen molar-refractivity contribution in [2.24, 2.45) is 0 Å². The zero-order valence-electron chi connectivity index (χ0n) is 8.91. The molecule has 14 heavy (non-hydrogen) atoms. The average Bonchev–Trinajstić information content (AvgIpc) is 2.23. The van der Waals surface area contributed by atoms with Crippen molar-refractivity contribution in [1.82, 2.24) is 0 Å². The van der Waals surface area contributed by atoms with Crippen molar-refractivity contribution in [2.45, 2.75) is 6.42 Å². The molecule has 0 aliphatic heterocycles. The Morgan fingerprint density at radius 3 is 2.14 bits per heavy atom. The molecule has 0 aromatic rings. The van der Waals surface area contributed by atoms with Gasteiger partial charge in [-0.2, -0.15) is 0 Å². The van der Waals surface area contributed by atoms with Gasteiger partial charge in [0.05, 0.1) is 13.7 Å². The summed E-state index contributed by atoms with van der Waals surface area (Å²) in [7, 11) is 3.23. The van der Waals surface area contributed by atoms with E-state index in [1.807, 2.05) is 0 Å². The third kappa shape index (κ3) is 4.72. The van der Waals surface area contributed by atoms with E-state index in [1.54, 1.807) is 26.4 Å². The van der Waals surface area contributed by atoms with Crippen LogP contribution in [-0.4, -0.2) is 27.4 Å². The molecule has 80 valence electrons. The van der Waals surface area contributed by atoms with Gasteiger partial charge < -0.3 is 14.2 Å². The second kappa shape index (κ2) is 8.38. The van der Waals surface area contributed by atoms with Gasteiger partial charge in [0.2, 0.25) is 0 Å². The van der Waals surface area contributed by atoms with E-state index >= 15 is 0 Å². The van der Waals surface area contributed by atoms with E-state index in [0.717, 1.165) is 6.42 Å². The fraction of sp³-hybridized carbons (Fsp3) is 0.455. The number of hydrogen-bond donors (Lipinski definition) is 0. The first-order valence-corrected chi connectivity index (χ1v) is 4.45. The highest BCUT2D eigenvalue weighted by molar-refractivity contribution is 5.21. The number of allylic oxidation sites excluding steroid dienone is 2. The van der Waals surface area contributed by atoms with Gasteiger partial charge in [-0.1, -0.05) is 13.2 Å². The van der Waals surface area contributed by atoms with Crippen LogP contribution in [0, 0.1) is 0 Å². The highest BCUT2D eigenvalue weighted by Crippen LogP contribution is 2.09. The SMILES string of the molecule is C=C/C(OC)=C(\C=C)OCCCOC. The fourth-order valence-corrected chi connectivity index (χ4v) is 0.901. The fourth-order valence-electron chi connectivity index (χ4n) is 0.901. The quantitative estimate of drug-likeness (QED) is 0.340. The van der Waals surface area contributed by atoms with Crippen LogP contribution in [0.5, 0.6) is 0 Å². The highest BCUT2D eigenvalue weighted by Gasteiger charge is 2.00. The Balaban J connectivity index is 4.07. The van der Waals surface area contributed by atoms with Gasteiger partial charge in [-0.25, -0.2) is 0 Å². The zero-order valence-corrected chi connectivity index (χ0v) is 8.91. The lowest BCUT2D eigenvalue weighted by Gasteiger charge is -2.09. The molecule has 0 N–H and O–H groups in total. The summed E-state index contributed by atoms with van der Waals surface area (Å²) in [4.78, 5) is 0. The van der Waals surface area contributed by atoms with E-state index in [0.29, 0.717) is 24.7 Å². The van der Waals surface area contributed by atoms with Gasteiger partial charge >= 0.3 is 0 Å². The van der Waals surface area contributed by atoms with Crippen LogP contribution in [0.1, 0.15) is 6.42 Å². The van der Waals surface area contributed by atoms with Gasteiger partial charge in [0.1, 0.15) is 0 Å². The van der Waals surface area contributed by atoms with Gasteiger partial charge in [0.25, 0.3) is 0 Å². The van der Waals surface area contributed by atoms with Crippen molar-refractivity contribution in [3.63, 3.8) is 0 Å². The molecule has 0 rings (SSSR count). The third-order valence-electron chi connectivity index (χ3n) is 1.58. The standard InChI is InChI=1S/C11H18O3/c1-5-10(13-4)11(6-2)14-9-7-8-12-3/h5-6H,1-2,7-9H2,3-4H3/b11-10-. The molecule has 0 atom stereocenters. The van der Waals surface area contributed by atoms with Crippen LogP contribution >= 0.6 is 0 Å². The first-order chi connectivity index (χ1) is 6.79. The summed E-state index contributed by atoms with van der Waals surface area (Å²) in [6.07, 6.45) is 4.03. The molecular weight excluding hydrogens is 180 g/mol. The first-order valence-electron chi connectivity index (χ1n) is 4.45. The van der Waals surface area contributed by atoms with Crippen molar-refractivity contribution in [3.8, 4) is 0 Å². The molecule has 0 radical (unpaired) electrons. The highest BCUT2D eigenvalue weighted by atomic mass is 16.5. The molecule has 0 amide bonds. The van der Waals surface area contributed by atoms with E-state index in [1.165, 1.54) is 0 Å². The molecule has 0 fully saturated rings. The van der Waals surface area contributed by atoms with Gasteiger partial charge in [0.15, 0.2) is 11.5 Å². The first kappa shape index (κ1) is 12.8. The molecule has 0 unspecified atom stereocenters. The Morgan fingerprint density at radius 1 is 1.07 bits per heavy atom. The summed E-state index contributed by atoms with van der Waals surface area (Å²) in [6, 6.07) is 0. The normalized spacial score (nSPS) is 11.6. The van der Waals surface area contributed by atoms with Gasteiger partial charge in [-0.15, -0.1) is 0 Å². The number of methoxy groups -OCH3 is 2. The minimum absolute atomic E-state index is 0.579. The number of rotatable bonds is 8. The van der Waals surface area contributed by atoms with Crippen LogP contribution in [0.3, 0.4) is 0 Å². The predicted octanol–water partition coefficient (Wildman–Crippen LogP) is 2.27. The molecule has 0 spiro atoms. The number of hydrogen-bond acceptors (Lipinski definition) is 3. The van der Waals surface area contributed by atoms with E-state index in [4.69, 9.17) is 14.2 Å². The molecule has 0 heterocycles. The van der Waals surface area contributed by atoms with Crippen LogP contribution in [0.2, 0.25) is 0 Å². The molecular formula is C11H18O3. The van der Waals surface area contributed by atoms with E-state index in [2.05, 4.69) is 13.2 Å². The summed E-state index contributed by atoms with van der Waals surface area (Å²) >= 11 is 0. The molecule has 0 aliphatic carbocycles. The van der Waals surface area contributed by atoms with Crippen LogP contribution < -0.4 is 0 Å². The van der Waals surface area contributed by atoms with Crippen molar-refractivity contribution < 1.29 is 14.2 Å². The van der Waals surface area contributed by atoms with Crippen LogP contribution in [0.15, 0.2) is 36.8 Å². The Hall–Kier alpha value is -1.22. The maximum absolute atomic E-state index is 5.42. The summed E-state index contributed by atoms with van der Waals surface area (Å²) in [5.74, 6) is 1.20. The van der Waals surface area contributed by atoms with Crippen LogP contribution in [-0.2, 0) is 14.2 Å². The van der Waals surface area contributed by atoms with Crippen LogP contribution in [0.25, 0.3) is 0 Å². The third-order valence-corrected chi connectivity index (χ3v) is 1.58. The minimum atomic E-state index is 0.579. The second-order valence-electron chi connectivity index (χ2n) is 2.54. The number of ether oxygens (including phenoxy) is 3. The van der Waals surface area contributed by atoms with E-state index in [-0.39, 0.29) is 0 Å². The lowest BCUT2D eigenvalue weighted by Crippen LogP contribution is -2.00. The Bertz CT molecular complexity index is 207. The maximum Gasteiger partial charge on any atom is 0.160 e.